The Morgan fingerprint density at radius 3 is 1.75 bits per heavy atom. The number of carbonyl (C=O) groups excluding carboxylic acids is 1. The van der Waals surface area contributed by atoms with Crippen LogP contribution in [0.1, 0.15) is 66.7 Å². The minimum absolute atomic E-state index is 0.285. The topological polar surface area (TPSA) is 74.3 Å². The zero-order chi connectivity index (χ0) is 19.6. The van der Waals surface area contributed by atoms with Crippen LogP contribution in [0.2, 0.25) is 0 Å². The predicted octanol–water partition coefficient (Wildman–Crippen LogP) is 4.01. The molecular weight excluding hydrogens is 365 g/mol. The lowest BCUT2D eigenvalue weighted by Crippen LogP contribution is -2.31. The Bertz CT molecular complexity index is 438. The number of unbranched alkanes of at least 4 members (excludes halogenated alkanes) is 3. The van der Waals surface area contributed by atoms with Gasteiger partial charge in [0.1, 0.15) is 10.5 Å². The molecular formula is C15H29F3O4S2. The summed E-state index contributed by atoms with van der Waals surface area (Å²) >= 11 is 0. The van der Waals surface area contributed by atoms with Crippen LogP contribution in [0.25, 0.3) is 0 Å². The van der Waals surface area contributed by atoms with E-state index in [4.69, 9.17) is 13.0 Å². The van der Waals surface area contributed by atoms with Crippen LogP contribution in [0.3, 0.4) is 0 Å². The van der Waals surface area contributed by atoms with Gasteiger partial charge in [-0.1, -0.05) is 26.2 Å². The molecule has 0 aromatic carbocycles. The molecule has 24 heavy (non-hydrogen) atoms. The van der Waals surface area contributed by atoms with Crippen LogP contribution in [-0.4, -0.2) is 40.5 Å². The van der Waals surface area contributed by atoms with Gasteiger partial charge in [0, 0.05) is 6.42 Å². The first-order chi connectivity index (χ1) is 10.7. The molecule has 146 valence electrons. The lowest BCUT2D eigenvalue weighted by molar-refractivity contribution is -0.116. The molecule has 0 heterocycles. The summed E-state index contributed by atoms with van der Waals surface area (Å²) in [5, 5.41) is 1.30. The summed E-state index contributed by atoms with van der Waals surface area (Å²) in [5.41, 5.74) is -5.65. The number of hydrogen-bond acceptors (Lipinski definition) is 4. The zero-order valence-corrected chi connectivity index (χ0v) is 16.6. The first-order valence-electron chi connectivity index (χ1n) is 7.96. The summed E-state index contributed by atoms with van der Waals surface area (Å²) in [6.45, 7) is 11.2. The average molecular weight is 395 g/mol. The molecule has 0 saturated heterocycles. The molecule has 0 rings (SSSR count). The molecule has 0 N–H and O–H groups in total. The lowest BCUT2D eigenvalue weighted by atomic mass is 10.1. The second-order valence-corrected chi connectivity index (χ2v) is 10.4. The Morgan fingerprint density at radius 1 is 1.04 bits per heavy atom. The molecule has 0 spiro atoms. The fraction of sp³-hybridized carbons (Fsp3) is 0.933. The maximum atomic E-state index is 11.8. The number of Topliss-reactive ketones (excluding diaryl/α,β-unsaturated/α-hetero) is 1. The molecule has 0 unspecified atom stereocenters. The number of ketones is 1. The van der Waals surface area contributed by atoms with Gasteiger partial charge >= 0.3 is 5.51 Å². The largest absolute Gasteiger partial charge is 0.741 e. The van der Waals surface area contributed by atoms with E-state index < -0.39 is 15.6 Å². The highest BCUT2D eigenvalue weighted by Gasteiger charge is 2.36. The summed E-state index contributed by atoms with van der Waals surface area (Å²) in [4.78, 5) is 11.8. The number of halogens is 3. The van der Waals surface area contributed by atoms with Gasteiger partial charge < -0.3 is 4.55 Å². The summed E-state index contributed by atoms with van der Waals surface area (Å²) in [7, 11) is -5.81. The fourth-order valence-corrected chi connectivity index (χ4v) is 4.16. The maximum Gasteiger partial charge on any atom is 0.485 e. The highest BCUT2D eigenvalue weighted by molar-refractivity contribution is 7.98. The van der Waals surface area contributed by atoms with E-state index in [1.165, 1.54) is 19.3 Å². The molecule has 9 heteroatoms. The SMILES string of the molecule is CCCCCCC(=O)C[S+](C(C)C)C(C)C.O=S(=O)([O-])C(F)(F)F. The predicted molar refractivity (Wildman–Crippen MR) is 92.0 cm³/mol. The molecule has 0 aliphatic heterocycles. The smallest absolute Gasteiger partial charge is 0.485 e. The fourth-order valence-electron chi connectivity index (χ4n) is 1.88. The molecule has 0 radical (unpaired) electrons. The Hall–Kier alpha value is -0.280. The molecule has 4 nitrogen and oxygen atoms in total. The van der Waals surface area contributed by atoms with Crippen LogP contribution in [0.15, 0.2) is 0 Å². The van der Waals surface area contributed by atoms with E-state index in [1.54, 1.807) is 0 Å². The third-order valence-electron chi connectivity index (χ3n) is 3.13. The number of hydrogen-bond donors (Lipinski definition) is 0. The van der Waals surface area contributed by atoms with Crippen molar-refractivity contribution >= 4 is 26.8 Å². The molecule has 0 saturated carbocycles. The highest BCUT2D eigenvalue weighted by Crippen LogP contribution is 2.20. The van der Waals surface area contributed by atoms with Gasteiger partial charge in [-0.15, -0.1) is 0 Å². The number of rotatable bonds is 9. The van der Waals surface area contributed by atoms with E-state index in [1.807, 2.05) is 0 Å². The first kappa shape index (κ1) is 26.0. The lowest BCUT2D eigenvalue weighted by Gasteiger charge is -2.15. The molecule has 0 aromatic heterocycles. The van der Waals surface area contributed by atoms with Crippen LogP contribution in [0, 0.1) is 0 Å². The van der Waals surface area contributed by atoms with Gasteiger partial charge in [0.05, 0.1) is 0 Å². The minimum atomic E-state index is -6.09. The molecule has 0 fully saturated rings. The molecule has 0 amide bonds. The monoisotopic (exact) mass is 394 g/mol. The van der Waals surface area contributed by atoms with Gasteiger partial charge in [-0.2, -0.15) is 13.2 Å². The van der Waals surface area contributed by atoms with Crippen LogP contribution in [0.4, 0.5) is 13.2 Å². The Kier molecular flexibility index (Phi) is 13.1. The van der Waals surface area contributed by atoms with Crippen molar-refractivity contribution in [2.75, 3.05) is 5.75 Å². The summed E-state index contributed by atoms with van der Waals surface area (Å²) < 4.78 is 58.9. The molecule has 0 aliphatic carbocycles. The summed E-state index contributed by atoms with van der Waals surface area (Å²) in [6, 6.07) is 0. The van der Waals surface area contributed by atoms with Crippen molar-refractivity contribution in [1.82, 2.24) is 0 Å². The van der Waals surface area contributed by atoms with E-state index in [0.717, 1.165) is 18.6 Å². The van der Waals surface area contributed by atoms with Gasteiger partial charge in [-0.25, -0.2) is 8.42 Å². The molecule has 0 bridgehead atoms. The third kappa shape index (κ3) is 13.1. The molecule has 0 atom stereocenters. The van der Waals surface area contributed by atoms with Crippen molar-refractivity contribution in [2.45, 2.75) is 82.7 Å². The van der Waals surface area contributed by atoms with Gasteiger partial charge in [-0.05, 0) is 45.0 Å². The number of alkyl halides is 3. The quantitative estimate of drug-likeness (QED) is 0.256. The molecule has 0 aromatic rings. The summed E-state index contributed by atoms with van der Waals surface area (Å²) in [6.07, 6.45) is 5.65. The third-order valence-corrected chi connectivity index (χ3v) is 6.78. The average Bonchev–Trinajstić information content (AvgIpc) is 2.38. The van der Waals surface area contributed by atoms with Crippen LogP contribution in [0.5, 0.6) is 0 Å². The first-order valence-corrected chi connectivity index (χ1v) is 10.9. The van der Waals surface area contributed by atoms with Gasteiger partial charge in [0.2, 0.25) is 0 Å². The van der Waals surface area contributed by atoms with Gasteiger partial charge in [-0.3, -0.25) is 4.79 Å². The second-order valence-electron chi connectivity index (χ2n) is 5.96. The standard InChI is InChI=1S/C14H29OS.CHF3O3S/c1-6-7-8-9-10-14(15)11-16(12(2)3)13(4)5;2-1(3,4)8(5,6)7/h12-13H,6-11H2,1-5H3;(H,5,6,7)/q+1;/p-1. The highest BCUT2D eigenvalue weighted by atomic mass is 32.2. The van der Waals surface area contributed by atoms with Crippen molar-refractivity contribution in [1.29, 1.82) is 0 Å². The van der Waals surface area contributed by atoms with Crippen molar-refractivity contribution in [2.24, 2.45) is 0 Å². The Morgan fingerprint density at radius 2 is 1.46 bits per heavy atom. The van der Waals surface area contributed by atoms with E-state index >= 15 is 0 Å². The van der Waals surface area contributed by atoms with E-state index in [0.29, 0.717) is 16.3 Å². The second kappa shape index (κ2) is 12.1. The van der Waals surface area contributed by atoms with E-state index in [9.17, 15) is 18.0 Å². The maximum absolute atomic E-state index is 11.8. The summed E-state index contributed by atoms with van der Waals surface area (Å²) in [5.74, 6) is 1.31. The van der Waals surface area contributed by atoms with Crippen LogP contribution >= 0.6 is 0 Å². The minimum Gasteiger partial charge on any atom is -0.741 e. The van der Waals surface area contributed by atoms with Gasteiger partial charge in [0.25, 0.3) is 0 Å². The number of carbonyl (C=O) groups is 1. The zero-order valence-electron chi connectivity index (χ0n) is 15.0. The van der Waals surface area contributed by atoms with Crippen LogP contribution < -0.4 is 0 Å². The molecule has 0 aliphatic rings. The van der Waals surface area contributed by atoms with Crippen LogP contribution in [-0.2, 0) is 25.8 Å². The van der Waals surface area contributed by atoms with Crippen molar-refractivity contribution in [3.63, 3.8) is 0 Å². The van der Waals surface area contributed by atoms with E-state index in [-0.39, 0.29) is 10.9 Å². The van der Waals surface area contributed by atoms with Crippen molar-refractivity contribution in [3.05, 3.63) is 0 Å². The normalized spacial score (nSPS) is 12.5. The Labute approximate surface area is 146 Å². The van der Waals surface area contributed by atoms with Gasteiger partial charge in [0.15, 0.2) is 21.7 Å². The van der Waals surface area contributed by atoms with Crippen molar-refractivity contribution < 1.29 is 30.9 Å². The van der Waals surface area contributed by atoms with Crippen molar-refractivity contribution in [3.8, 4) is 0 Å². The Balaban J connectivity index is 0. The van der Waals surface area contributed by atoms with E-state index in [2.05, 4.69) is 34.6 Å².